The smallest absolute Gasteiger partial charge is 0.338 e. The number of rotatable bonds is 5. The van der Waals surface area contributed by atoms with E-state index in [2.05, 4.69) is 11.9 Å². The zero-order valence-corrected chi connectivity index (χ0v) is 15.7. The summed E-state index contributed by atoms with van der Waals surface area (Å²) < 4.78 is 11.4. The SMILES string of the molecule is CC(C)CC(=O)O[C@H]1C[C@H]2C[C@H](OC(=O)c3ccc(N)cc3)[C@@H](C1)N2C. The van der Waals surface area contributed by atoms with Crippen LogP contribution in [0.15, 0.2) is 24.3 Å². The summed E-state index contributed by atoms with van der Waals surface area (Å²) in [5.41, 5.74) is 6.78. The molecule has 0 amide bonds. The van der Waals surface area contributed by atoms with Crippen LogP contribution >= 0.6 is 0 Å². The molecule has 6 nitrogen and oxygen atoms in total. The van der Waals surface area contributed by atoms with E-state index in [-0.39, 0.29) is 36.2 Å². The van der Waals surface area contributed by atoms with Crippen LogP contribution in [0.5, 0.6) is 0 Å². The molecule has 2 heterocycles. The van der Waals surface area contributed by atoms with Crippen molar-refractivity contribution >= 4 is 17.6 Å². The summed E-state index contributed by atoms with van der Waals surface area (Å²) in [6, 6.07) is 7.11. The lowest BCUT2D eigenvalue weighted by Crippen LogP contribution is -2.46. The molecule has 26 heavy (non-hydrogen) atoms. The van der Waals surface area contributed by atoms with E-state index in [0.717, 1.165) is 12.8 Å². The third kappa shape index (κ3) is 4.18. The molecule has 0 radical (unpaired) electrons. The highest BCUT2D eigenvalue weighted by molar-refractivity contribution is 5.89. The van der Waals surface area contributed by atoms with Crippen molar-refractivity contribution < 1.29 is 19.1 Å². The van der Waals surface area contributed by atoms with Gasteiger partial charge >= 0.3 is 11.9 Å². The Morgan fingerprint density at radius 2 is 1.85 bits per heavy atom. The highest BCUT2D eigenvalue weighted by Gasteiger charge is 2.47. The van der Waals surface area contributed by atoms with Gasteiger partial charge in [0.15, 0.2) is 0 Å². The topological polar surface area (TPSA) is 81.9 Å². The zero-order valence-electron chi connectivity index (χ0n) is 15.7. The van der Waals surface area contributed by atoms with E-state index in [1.54, 1.807) is 24.3 Å². The number of hydrogen-bond acceptors (Lipinski definition) is 6. The van der Waals surface area contributed by atoms with Crippen LogP contribution in [0.1, 0.15) is 49.9 Å². The number of piperidine rings is 1. The predicted molar refractivity (Wildman–Crippen MR) is 98.6 cm³/mol. The Kier molecular flexibility index (Phi) is 5.51. The largest absolute Gasteiger partial charge is 0.462 e. The molecule has 4 atom stereocenters. The fourth-order valence-corrected chi connectivity index (χ4v) is 3.99. The fourth-order valence-electron chi connectivity index (χ4n) is 3.99. The van der Waals surface area contributed by atoms with Gasteiger partial charge in [0.1, 0.15) is 12.2 Å². The molecule has 2 aliphatic heterocycles. The van der Waals surface area contributed by atoms with Crippen LogP contribution < -0.4 is 5.73 Å². The average molecular weight is 360 g/mol. The molecular formula is C20H28N2O4. The Morgan fingerprint density at radius 3 is 2.50 bits per heavy atom. The van der Waals surface area contributed by atoms with E-state index < -0.39 is 0 Å². The number of likely N-dealkylation sites (N-methyl/N-ethyl adjacent to an activating group) is 1. The lowest BCUT2D eigenvalue weighted by atomic mass is 10.00. The van der Waals surface area contributed by atoms with Crippen LogP contribution in [0.3, 0.4) is 0 Å². The Morgan fingerprint density at radius 1 is 1.15 bits per heavy atom. The summed E-state index contributed by atoms with van der Waals surface area (Å²) in [5.74, 6) is -0.173. The van der Waals surface area contributed by atoms with E-state index in [9.17, 15) is 9.59 Å². The molecule has 0 spiro atoms. The van der Waals surface area contributed by atoms with Crippen LogP contribution in [0.4, 0.5) is 5.69 Å². The third-order valence-electron chi connectivity index (χ3n) is 5.35. The number of benzene rings is 1. The number of hydrogen-bond donors (Lipinski definition) is 1. The Bertz CT molecular complexity index is 658. The van der Waals surface area contributed by atoms with Crippen molar-refractivity contribution in [2.75, 3.05) is 12.8 Å². The van der Waals surface area contributed by atoms with Crippen molar-refractivity contribution in [3.63, 3.8) is 0 Å². The van der Waals surface area contributed by atoms with Gasteiger partial charge in [0, 0.05) is 37.4 Å². The van der Waals surface area contributed by atoms with E-state index in [1.165, 1.54) is 0 Å². The highest BCUT2D eigenvalue weighted by Crippen LogP contribution is 2.38. The van der Waals surface area contributed by atoms with Gasteiger partial charge in [-0.25, -0.2) is 4.79 Å². The molecule has 142 valence electrons. The standard InChI is InChI=1S/C20H28N2O4/c1-12(2)8-19(23)25-16-9-15-10-18(17(11-16)22(15)3)26-20(24)13-4-6-14(21)7-5-13/h4-7,12,15-18H,8-11,21H2,1-3H3/t15-,16-,17+,18-/m0/s1. The number of fused-ring (bicyclic) bond motifs is 2. The molecule has 2 N–H and O–H groups in total. The molecule has 0 unspecified atom stereocenters. The number of anilines is 1. The molecule has 2 saturated heterocycles. The van der Waals surface area contributed by atoms with E-state index in [4.69, 9.17) is 15.2 Å². The number of carbonyl (C=O) groups is 2. The summed E-state index contributed by atoms with van der Waals surface area (Å²) in [4.78, 5) is 26.7. The average Bonchev–Trinajstić information content (AvgIpc) is 2.74. The van der Waals surface area contributed by atoms with Crippen LogP contribution in [0.2, 0.25) is 0 Å². The zero-order chi connectivity index (χ0) is 18.8. The van der Waals surface area contributed by atoms with Crippen LogP contribution in [0.25, 0.3) is 0 Å². The maximum atomic E-state index is 12.4. The van der Waals surface area contributed by atoms with Gasteiger partial charge in [-0.2, -0.15) is 0 Å². The lowest BCUT2D eigenvalue weighted by Gasteiger charge is -2.36. The van der Waals surface area contributed by atoms with Gasteiger partial charge in [0.05, 0.1) is 11.6 Å². The van der Waals surface area contributed by atoms with Gasteiger partial charge in [-0.1, -0.05) is 13.8 Å². The predicted octanol–water partition coefficient (Wildman–Crippen LogP) is 2.62. The Hall–Kier alpha value is -2.08. The summed E-state index contributed by atoms with van der Waals surface area (Å²) in [5, 5.41) is 0. The maximum absolute atomic E-state index is 12.4. The Balaban J connectivity index is 1.60. The molecule has 1 aromatic rings. The minimum atomic E-state index is -0.329. The molecule has 6 heteroatoms. The first-order valence-corrected chi connectivity index (χ1v) is 9.31. The van der Waals surface area contributed by atoms with Gasteiger partial charge in [-0.3, -0.25) is 9.69 Å². The molecule has 1 aromatic carbocycles. The molecular weight excluding hydrogens is 332 g/mol. The molecule has 2 aliphatic rings. The molecule has 2 fully saturated rings. The molecule has 0 aliphatic carbocycles. The minimum Gasteiger partial charge on any atom is -0.462 e. The number of ether oxygens (including phenoxy) is 2. The van der Waals surface area contributed by atoms with Crippen molar-refractivity contribution in [1.82, 2.24) is 4.90 Å². The summed E-state index contributed by atoms with van der Waals surface area (Å²) in [6.07, 6.45) is 2.46. The van der Waals surface area contributed by atoms with E-state index in [1.807, 2.05) is 13.8 Å². The van der Waals surface area contributed by atoms with Crippen molar-refractivity contribution in [2.24, 2.45) is 5.92 Å². The van der Waals surface area contributed by atoms with Gasteiger partial charge in [-0.05, 0) is 37.2 Å². The first-order chi connectivity index (χ1) is 12.3. The maximum Gasteiger partial charge on any atom is 0.338 e. The van der Waals surface area contributed by atoms with Crippen molar-refractivity contribution in [3.8, 4) is 0 Å². The third-order valence-corrected chi connectivity index (χ3v) is 5.35. The quantitative estimate of drug-likeness (QED) is 0.642. The second kappa shape index (κ2) is 7.66. The van der Waals surface area contributed by atoms with E-state index in [0.29, 0.717) is 30.0 Å². The molecule has 2 bridgehead atoms. The van der Waals surface area contributed by atoms with Crippen LogP contribution in [-0.4, -0.2) is 48.2 Å². The monoisotopic (exact) mass is 360 g/mol. The summed E-state index contributed by atoms with van der Waals surface area (Å²) >= 11 is 0. The second-order valence-electron chi connectivity index (χ2n) is 7.87. The van der Waals surface area contributed by atoms with E-state index >= 15 is 0 Å². The van der Waals surface area contributed by atoms with Crippen LogP contribution in [0, 0.1) is 5.92 Å². The molecule has 3 rings (SSSR count). The Labute approximate surface area is 154 Å². The first kappa shape index (κ1) is 18.7. The van der Waals surface area contributed by atoms with Crippen LogP contribution in [-0.2, 0) is 14.3 Å². The highest BCUT2D eigenvalue weighted by atomic mass is 16.6. The second-order valence-corrected chi connectivity index (χ2v) is 7.87. The minimum absolute atomic E-state index is 0.0864. The number of nitrogen functional groups attached to an aromatic ring is 1. The first-order valence-electron chi connectivity index (χ1n) is 9.31. The fraction of sp³-hybridized carbons (Fsp3) is 0.600. The van der Waals surface area contributed by atoms with Crippen molar-refractivity contribution in [1.29, 1.82) is 0 Å². The van der Waals surface area contributed by atoms with Crippen molar-refractivity contribution in [2.45, 2.75) is 63.8 Å². The number of esters is 2. The van der Waals surface area contributed by atoms with Gasteiger partial charge in [0.2, 0.25) is 0 Å². The van der Waals surface area contributed by atoms with Gasteiger partial charge in [-0.15, -0.1) is 0 Å². The van der Waals surface area contributed by atoms with Crippen molar-refractivity contribution in [3.05, 3.63) is 29.8 Å². The number of nitrogens with zero attached hydrogens (tertiary/aromatic N) is 1. The number of nitrogens with two attached hydrogens (primary N) is 1. The van der Waals surface area contributed by atoms with Gasteiger partial charge in [0.25, 0.3) is 0 Å². The summed E-state index contributed by atoms with van der Waals surface area (Å²) in [6.45, 7) is 4.01. The lowest BCUT2D eigenvalue weighted by molar-refractivity contribution is -0.153. The molecule has 0 aromatic heterocycles. The number of carbonyl (C=O) groups excluding carboxylic acids is 2. The van der Waals surface area contributed by atoms with Gasteiger partial charge < -0.3 is 15.2 Å². The summed E-state index contributed by atoms with van der Waals surface area (Å²) in [7, 11) is 2.05. The molecule has 0 saturated carbocycles. The normalized spacial score (nSPS) is 28.2.